The third kappa shape index (κ3) is 5.09. The minimum absolute atomic E-state index is 0.169. The average Bonchev–Trinajstić information content (AvgIpc) is 3.24. The zero-order valence-corrected chi connectivity index (χ0v) is 20.3. The minimum Gasteiger partial charge on any atom is -0.396 e. The molecule has 4 nitrogen and oxygen atoms in total. The first-order valence-corrected chi connectivity index (χ1v) is 12.3. The lowest BCUT2D eigenvalue weighted by Gasteiger charge is -2.33. The van der Waals surface area contributed by atoms with Gasteiger partial charge in [-0.05, 0) is 43.4 Å². The Labute approximate surface area is 215 Å². The third-order valence-corrected chi connectivity index (χ3v) is 7.15. The molecular weight excluding hydrogens is 508 g/mol. The highest BCUT2D eigenvalue weighted by atomic mass is 19.4. The van der Waals surface area contributed by atoms with Gasteiger partial charge in [0.05, 0.1) is 17.8 Å². The first kappa shape index (κ1) is 26.1. The summed E-state index contributed by atoms with van der Waals surface area (Å²) in [6.45, 7) is 1.29. The van der Waals surface area contributed by atoms with Gasteiger partial charge in [0.15, 0.2) is 0 Å². The quantitative estimate of drug-likeness (QED) is 0.278. The summed E-state index contributed by atoms with van der Waals surface area (Å²) < 4.78 is 84.8. The summed E-state index contributed by atoms with van der Waals surface area (Å²) in [5.74, 6) is -2.91. The molecule has 1 N–H and O–H groups in total. The Hall–Kier alpha value is -3.53. The number of nitrogens with zero attached hydrogens (tertiary/aromatic N) is 3. The van der Waals surface area contributed by atoms with E-state index >= 15 is 0 Å². The number of aliphatic hydroxyl groups is 1. The molecule has 0 saturated carbocycles. The predicted molar refractivity (Wildman–Crippen MR) is 132 cm³/mol. The summed E-state index contributed by atoms with van der Waals surface area (Å²) in [4.78, 5) is 2.21. The van der Waals surface area contributed by atoms with Crippen LogP contribution in [0.2, 0.25) is 0 Å². The van der Waals surface area contributed by atoms with Crippen molar-refractivity contribution in [2.75, 3.05) is 24.6 Å². The fourth-order valence-corrected chi connectivity index (χ4v) is 5.17. The molecule has 1 fully saturated rings. The number of fused-ring (bicyclic) bond motifs is 1. The Morgan fingerprint density at radius 1 is 0.921 bits per heavy atom. The molecule has 200 valence electrons. The summed E-state index contributed by atoms with van der Waals surface area (Å²) in [5, 5.41) is 13.5. The van der Waals surface area contributed by atoms with Gasteiger partial charge in [-0.2, -0.15) is 18.3 Å². The lowest BCUT2D eigenvalue weighted by molar-refractivity contribution is -0.136. The second kappa shape index (κ2) is 10.3. The molecule has 5 rings (SSSR count). The molecule has 0 unspecified atom stereocenters. The summed E-state index contributed by atoms with van der Waals surface area (Å²) in [6, 6.07) is 11.9. The second-order valence-electron chi connectivity index (χ2n) is 9.54. The zero-order valence-electron chi connectivity index (χ0n) is 20.3. The van der Waals surface area contributed by atoms with E-state index in [9.17, 15) is 31.4 Å². The van der Waals surface area contributed by atoms with Crippen LogP contribution >= 0.6 is 0 Å². The van der Waals surface area contributed by atoms with Crippen molar-refractivity contribution in [1.29, 1.82) is 0 Å². The van der Waals surface area contributed by atoms with Crippen LogP contribution in [0.25, 0.3) is 22.2 Å². The third-order valence-electron chi connectivity index (χ3n) is 7.15. The van der Waals surface area contributed by atoms with Gasteiger partial charge in [-0.15, -0.1) is 0 Å². The smallest absolute Gasteiger partial charge is 0.396 e. The lowest BCUT2D eigenvalue weighted by atomic mass is 9.93. The molecule has 38 heavy (non-hydrogen) atoms. The van der Waals surface area contributed by atoms with Crippen LogP contribution in [-0.2, 0) is 12.7 Å². The Kier molecular flexibility index (Phi) is 7.09. The molecule has 0 radical (unpaired) electrons. The van der Waals surface area contributed by atoms with E-state index in [0.717, 1.165) is 48.8 Å². The molecule has 1 aromatic heterocycles. The SMILES string of the molecule is OCCC1CCN(c2ccc(-c3c4cccc(C(F)(F)F)c4nn3Cc3c(F)cc(F)cc3F)cc2)CC1. The second-order valence-corrected chi connectivity index (χ2v) is 9.54. The highest BCUT2D eigenvalue weighted by Gasteiger charge is 2.35. The lowest BCUT2D eigenvalue weighted by Crippen LogP contribution is -2.33. The van der Waals surface area contributed by atoms with E-state index in [1.165, 1.54) is 12.1 Å². The van der Waals surface area contributed by atoms with E-state index < -0.39 is 41.3 Å². The van der Waals surface area contributed by atoms with Crippen LogP contribution in [0.3, 0.4) is 0 Å². The highest BCUT2D eigenvalue weighted by Crippen LogP contribution is 2.39. The van der Waals surface area contributed by atoms with Crippen molar-refractivity contribution in [3.8, 4) is 11.3 Å². The van der Waals surface area contributed by atoms with Crippen molar-refractivity contribution >= 4 is 16.6 Å². The number of halogens is 6. The van der Waals surface area contributed by atoms with Gasteiger partial charge in [-0.1, -0.05) is 24.3 Å². The topological polar surface area (TPSA) is 41.3 Å². The highest BCUT2D eigenvalue weighted by molar-refractivity contribution is 5.95. The largest absolute Gasteiger partial charge is 0.418 e. The average molecular weight is 534 g/mol. The van der Waals surface area contributed by atoms with Gasteiger partial charge in [0, 0.05) is 54.0 Å². The Morgan fingerprint density at radius 3 is 2.18 bits per heavy atom. The zero-order chi connectivity index (χ0) is 27.0. The Bertz CT molecular complexity index is 1420. The van der Waals surface area contributed by atoms with Gasteiger partial charge in [0.1, 0.15) is 23.0 Å². The minimum atomic E-state index is -4.69. The van der Waals surface area contributed by atoms with Crippen LogP contribution in [-0.4, -0.2) is 34.6 Å². The molecule has 0 spiro atoms. The van der Waals surface area contributed by atoms with Crippen LogP contribution in [0, 0.1) is 23.4 Å². The number of piperidine rings is 1. The normalized spacial score (nSPS) is 15.0. The molecule has 3 aromatic carbocycles. The molecule has 0 atom stereocenters. The fraction of sp³-hybridized carbons (Fsp3) is 0.321. The molecule has 0 amide bonds. The summed E-state index contributed by atoms with van der Waals surface area (Å²) in [6.07, 6.45) is -2.00. The van der Waals surface area contributed by atoms with E-state index in [1.807, 2.05) is 12.1 Å². The van der Waals surface area contributed by atoms with Crippen LogP contribution < -0.4 is 4.90 Å². The molecule has 4 aromatic rings. The molecule has 1 aliphatic rings. The first-order valence-electron chi connectivity index (χ1n) is 12.3. The summed E-state index contributed by atoms with van der Waals surface area (Å²) in [7, 11) is 0. The van der Waals surface area contributed by atoms with Crippen molar-refractivity contribution in [2.24, 2.45) is 5.92 Å². The van der Waals surface area contributed by atoms with E-state index in [1.54, 1.807) is 12.1 Å². The number of benzene rings is 3. The molecule has 1 saturated heterocycles. The predicted octanol–water partition coefficient (Wildman–Crippen LogP) is 6.79. The van der Waals surface area contributed by atoms with Crippen LogP contribution in [0.4, 0.5) is 32.0 Å². The van der Waals surface area contributed by atoms with Crippen molar-refractivity contribution < 1.29 is 31.4 Å². The van der Waals surface area contributed by atoms with Crippen LogP contribution in [0.1, 0.15) is 30.4 Å². The Balaban J connectivity index is 1.56. The number of aromatic nitrogens is 2. The number of rotatable bonds is 6. The van der Waals surface area contributed by atoms with Crippen molar-refractivity contribution in [2.45, 2.75) is 32.0 Å². The van der Waals surface area contributed by atoms with E-state index in [0.29, 0.717) is 23.6 Å². The van der Waals surface area contributed by atoms with Gasteiger partial charge < -0.3 is 10.0 Å². The maximum atomic E-state index is 14.5. The van der Waals surface area contributed by atoms with Crippen molar-refractivity contribution in [3.63, 3.8) is 0 Å². The van der Waals surface area contributed by atoms with E-state index in [2.05, 4.69) is 10.00 Å². The Morgan fingerprint density at radius 2 is 1.58 bits per heavy atom. The molecule has 10 heteroatoms. The monoisotopic (exact) mass is 533 g/mol. The molecule has 0 aliphatic carbocycles. The van der Waals surface area contributed by atoms with Gasteiger partial charge in [-0.25, -0.2) is 13.2 Å². The maximum absolute atomic E-state index is 14.5. The maximum Gasteiger partial charge on any atom is 0.418 e. The van der Waals surface area contributed by atoms with Gasteiger partial charge >= 0.3 is 6.18 Å². The molecule has 0 bridgehead atoms. The van der Waals surface area contributed by atoms with Crippen molar-refractivity contribution in [1.82, 2.24) is 9.78 Å². The molecule has 2 heterocycles. The molecular formula is C28H25F6N3O. The standard InChI is InChI=1S/C28H25F6N3O/c29-19-14-24(30)22(25(31)15-19)16-37-27(21-2-1-3-23(26(21)35-37)28(32,33)34)18-4-6-20(7-5-18)36-11-8-17(9-12-36)10-13-38/h1-7,14-15,17,38H,8-13,16H2. The summed E-state index contributed by atoms with van der Waals surface area (Å²) >= 11 is 0. The number of hydrogen-bond donors (Lipinski definition) is 1. The van der Waals surface area contributed by atoms with Gasteiger partial charge in [0.2, 0.25) is 0 Å². The van der Waals surface area contributed by atoms with Gasteiger partial charge in [0.25, 0.3) is 0 Å². The molecule has 1 aliphatic heterocycles. The van der Waals surface area contributed by atoms with Crippen LogP contribution in [0.5, 0.6) is 0 Å². The van der Waals surface area contributed by atoms with Gasteiger partial charge in [-0.3, -0.25) is 4.68 Å². The first-order chi connectivity index (χ1) is 18.2. The summed E-state index contributed by atoms with van der Waals surface area (Å²) in [5.41, 5.74) is -0.0731. The fourth-order valence-electron chi connectivity index (χ4n) is 5.17. The number of anilines is 1. The van der Waals surface area contributed by atoms with Crippen LogP contribution in [0.15, 0.2) is 54.6 Å². The van der Waals surface area contributed by atoms with E-state index in [4.69, 9.17) is 0 Å². The van der Waals surface area contributed by atoms with Crippen molar-refractivity contribution in [3.05, 3.63) is 83.2 Å². The number of hydrogen-bond acceptors (Lipinski definition) is 3. The number of alkyl halides is 3. The number of aliphatic hydroxyl groups excluding tert-OH is 1. The van der Waals surface area contributed by atoms with E-state index in [-0.39, 0.29) is 23.2 Å².